The van der Waals surface area contributed by atoms with E-state index in [1.54, 1.807) is 0 Å². The van der Waals surface area contributed by atoms with Gasteiger partial charge in [0.2, 0.25) is 0 Å². The van der Waals surface area contributed by atoms with Crippen LogP contribution < -0.4 is 10.2 Å². The Bertz CT molecular complexity index is 1160. The summed E-state index contributed by atoms with van der Waals surface area (Å²) in [6.45, 7) is 25.8. The summed E-state index contributed by atoms with van der Waals surface area (Å²) < 4.78 is 5.62. The van der Waals surface area contributed by atoms with E-state index in [0.717, 1.165) is 50.9 Å². The van der Waals surface area contributed by atoms with Crippen LogP contribution in [0.1, 0.15) is 85.3 Å². The largest absolute Gasteiger partial charge is 0.378 e. The van der Waals surface area contributed by atoms with Crippen molar-refractivity contribution in [1.82, 2.24) is 4.90 Å². The number of aliphatic imine (C=N–C) groups is 1. The summed E-state index contributed by atoms with van der Waals surface area (Å²) in [7, 11) is 0. The Morgan fingerprint density at radius 1 is 1.10 bits per heavy atom. The monoisotopic (exact) mass is 560 g/mol. The van der Waals surface area contributed by atoms with Crippen molar-refractivity contribution >= 4 is 17.2 Å². The molecule has 0 bridgehead atoms. The highest BCUT2D eigenvalue weighted by atomic mass is 16.5. The molecule has 0 aliphatic carbocycles. The zero-order valence-electron chi connectivity index (χ0n) is 27.0. The molecule has 2 atom stereocenters. The number of benzene rings is 2. The smallest absolute Gasteiger partial charge is 0.103 e. The first-order chi connectivity index (χ1) is 19.9. The third-order valence-corrected chi connectivity index (χ3v) is 7.52. The average molecular weight is 561 g/mol. The molecule has 2 fully saturated rings. The number of hydrogen-bond donors (Lipinski definition) is 1. The maximum absolute atomic E-state index is 5.62. The summed E-state index contributed by atoms with van der Waals surface area (Å²) in [6, 6.07) is 15.8. The minimum atomic E-state index is 0. The molecule has 1 unspecified atom stereocenters. The molecular formula is C36H56N4O. The SMILES string of the molecule is C=C=C(C)[C@@H]1CCCN1Cc1cc(NC(C)=N/C=C\C(C)c2ccc(C)cc2)ccc1N1CCOCC1.CC.CC.[HH]. The molecule has 0 spiro atoms. The fraction of sp³-hybridized carbons (Fsp3) is 0.500. The van der Waals surface area contributed by atoms with Gasteiger partial charge in [0.25, 0.3) is 0 Å². The van der Waals surface area contributed by atoms with Crippen molar-refractivity contribution in [3.8, 4) is 0 Å². The summed E-state index contributed by atoms with van der Waals surface area (Å²) in [6.07, 6.45) is 6.45. The number of amidine groups is 1. The number of likely N-dealkylation sites (tertiary alicyclic amines) is 1. The number of nitrogens with zero attached hydrogens (tertiary/aromatic N) is 3. The van der Waals surface area contributed by atoms with E-state index in [-0.39, 0.29) is 1.43 Å². The molecule has 1 N–H and O–H groups in total. The van der Waals surface area contributed by atoms with Gasteiger partial charge in [-0.15, -0.1) is 5.73 Å². The van der Waals surface area contributed by atoms with Crippen molar-refractivity contribution in [3.63, 3.8) is 0 Å². The molecule has 0 radical (unpaired) electrons. The summed E-state index contributed by atoms with van der Waals surface area (Å²) in [4.78, 5) is 9.70. The van der Waals surface area contributed by atoms with Gasteiger partial charge in [0, 0.05) is 50.6 Å². The van der Waals surface area contributed by atoms with E-state index < -0.39 is 0 Å². The number of aryl methyl sites for hydroxylation is 1. The standard InChI is InChI=1S/C32H42N4O.2C2H6.H2/c1-6-25(3)31-8-7-17-36(31)23-29-22-30(13-14-32(29)35-18-20-37-21-19-35)34-27(5)33-16-15-26(4)28-11-9-24(2)10-12-28;2*1-2;/h9-16,22,26,31H,1,7-8,17-21,23H2,2-5H3,(H,33,34);2*1-2H3;1H/b16-15-;;;/t26?,31-;;;/m0.../s1. The summed E-state index contributed by atoms with van der Waals surface area (Å²) in [5, 5.41) is 3.51. The van der Waals surface area contributed by atoms with Gasteiger partial charge in [-0.05, 0) is 75.1 Å². The fourth-order valence-corrected chi connectivity index (χ4v) is 5.25. The highest BCUT2D eigenvalue weighted by Crippen LogP contribution is 2.31. The summed E-state index contributed by atoms with van der Waals surface area (Å²) in [5.41, 5.74) is 10.7. The van der Waals surface area contributed by atoms with Crippen molar-refractivity contribution in [2.45, 2.75) is 86.7 Å². The second-order valence-corrected chi connectivity index (χ2v) is 10.3. The number of rotatable bonds is 8. The number of morpholine rings is 1. The Balaban J connectivity index is 0.00000169. The van der Waals surface area contributed by atoms with Crippen LogP contribution in [-0.4, -0.2) is 49.6 Å². The van der Waals surface area contributed by atoms with Crippen LogP contribution in [0, 0.1) is 6.92 Å². The highest BCUT2D eigenvalue weighted by molar-refractivity contribution is 5.94. The van der Waals surface area contributed by atoms with E-state index in [4.69, 9.17) is 4.74 Å². The lowest BCUT2D eigenvalue weighted by Crippen LogP contribution is -2.37. The summed E-state index contributed by atoms with van der Waals surface area (Å²) in [5.74, 6) is 1.19. The van der Waals surface area contributed by atoms with Gasteiger partial charge in [-0.3, -0.25) is 4.90 Å². The molecule has 226 valence electrons. The van der Waals surface area contributed by atoms with Gasteiger partial charge in [0.15, 0.2) is 0 Å². The van der Waals surface area contributed by atoms with Crippen LogP contribution in [0.15, 0.2) is 77.6 Å². The van der Waals surface area contributed by atoms with Crippen LogP contribution in [-0.2, 0) is 11.3 Å². The van der Waals surface area contributed by atoms with Crippen LogP contribution >= 0.6 is 0 Å². The van der Waals surface area contributed by atoms with Gasteiger partial charge >= 0.3 is 0 Å². The predicted octanol–water partition coefficient (Wildman–Crippen LogP) is 8.97. The zero-order chi connectivity index (χ0) is 30.2. The van der Waals surface area contributed by atoms with E-state index in [1.807, 2.05) is 40.8 Å². The second kappa shape index (κ2) is 18.3. The van der Waals surface area contributed by atoms with E-state index in [2.05, 4.69) is 102 Å². The second-order valence-electron chi connectivity index (χ2n) is 10.3. The first kappa shape index (κ1) is 34.1. The molecule has 2 aliphatic rings. The Kier molecular flexibility index (Phi) is 15.3. The van der Waals surface area contributed by atoms with E-state index in [1.165, 1.54) is 40.8 Å². The average Bonchev–Trinajstić information content (AvgIpc) is 3.48. The van der Waals surface area contributed by atoms with Gasteiger partial charge in [0.1, 0.15) is 5.84 Å². The molecule has 0 saturated carbocycles. The molecule has 5 nitrogen and oxygen atoms in total. The molecule has 4 rings (SSSR count). The lowest BCUT2D eigenvalue weighted by molar-refractivity contribution is 0.122. The van der Waals surface area contributed by atoms with Crippen LogP contribution in [0.4, 0.5) is 11.4 Å². The van der Waals surface area contributed by atoms with Gasteiger partial charge in [0.05, 0.1) is 13.2 Å². The van der Waals surface area contributed by atoms with E-state index in [0.29, 0.717) is 12.0 Å². The number of allylic oxidation sites excluding steroid dienone is 1. The lowest BCUT2D eigenvalue weighted by atomic mass is 10.0. The van der Waals surface area contributed by atoms with E-state index in [9.17, 15) is 0 Å². The molecule has 2 aliphatic heterocycles. The van der Waals surface area contributed by atoms with Crippen molar-refractivity contribution in [1.29, 1.82) is 0 Å². The molecule has 2 heterocycles. The molecule has 0 aromatic heterocycles. The van der Waals surface area contributed by atoms with E-state index >= 15 is 0 Å². The summed E-state index contributed by atoms with van der Waals surface area (Å²) >= 11 is 0. The van der Waals surface area contributed by atoms with Crippen molar-refractivity contribution in [2.75, 3.05) is 43.1 Å². The minimum Gasteiger partial charge on any atom is -0.378 e. The van der Waals surface area contributed by atoms with Gasteiger partial charge in [-0.25, -0.2) is 4.99 Å². The number of nitrogens with one attached hydrogen (secondary N) is 1. The van der Waals surface area contributed by atoms with Crippen molar-refractivity contribution in [3.05, 3.63) is 89.3 Å². The lowest BCUT2D eigenvalue weighted by Gasteiger charge is -2.33. The third-order valence-electron chi connectivity index (χ3n) is 7.52. The number of ether oxygens (including phenoxy) is 1. The zero-order valence-corrected chi connectivity index (χ0v) is 27.0. The molecule has 5 heteroatoms. The van der Waals surface area contributed by atoms with Crippen LogP contribution in [0.5, 0.6) is 0 Å². The molecule has 2 saturated heterocycles. The molecule has 2 aromatic rings. The van der Waals surface area contributed by atoms with Gasteiger partial charge < -0.3 is 15.0 Å². The predicted molar refractivity (Wildman–Crippen MR) is 182 cm³/mol. The normalized spacial score (nSPS) is 18.1. The third kappa shape index (κ3) is 10.3. The van der Waals surface area contributed by atoms with Crippen LogP contribution in [0.2, 0.25) is 0 Å². The molecular weight excluding hydrogens is 504 g/mol. The Labute approximate surface area is 252 Å². The first-order valence-corrected chi connectivity index (χ1v) is 15.6. The molecule has 2 aromatic carbocycles. The Morgan fingerprint density at radius 3 is 2.44 bits per heavy atom. The van der Waals surface area contributed by atoms with Crippen LogP contribution in [0.25, 0.3) is 0 Å². The topological polar surface area (TPSA) is 40.1 Å². The Hall–Kier alpha value is -3.11. The first-order valence-electron chi connectivity index (χ1n) is 15.6. The van der Waals surface area contributed by atoms with Crippen molar-refractivity contribution < 1.29 is 6.16 Å². The van der Waals surface area contributed by atoms with Crippen LogP contribution in [0.3, 0.4) is 0 Å². The minimum absolute atomic E-state index is 0. The Morgan fingerprint density at radius 2 is 1.78 bits per heavy atom. The van der Waals surface area contributed by atoms with Gasteiger partial charge in [-0.1, -0.05) is 77.1 Å². The molecule has 0 amide bonds. The fourth-order valence-electron chi connectivity index (χ4n) is 5.25. The highest BCUT2D eigenvalue weighted by Gasteiger charge is 2.27. The number of anilines is 2. The maximum Gasteiger partial charge on any atom is 0.103 e. The molecule has 41 heavy (non-hydrogen) atoms. The van der Waals surface area contributed by atoms with Gasteiger partial charge in [-0.2, -0.15) is 0 Å². The van der Waals surface area contributed by atoms with Crippen molar-refractivity contribution in [2.24, 2.45) is 4.99 Å². The quantitative estimate of drug-likeness (QED) is 0.199. The maximum atomic E-state index is 5.62. The number of hydrogen-bond acceptors (Lipinski definition) is 4.